The van der Waals surface area contributed by atoms with E-state index in [0.29, 0.717) is 17.9 Å². The highest BCUT2D eigenvalue weighted by molar-refractivity contribution is 6.07. The molecule has 0 saturated heterocycles. The van der Waals surface area contributed by atoms with E-state index in [4.69, 9.17) is 9.15 Å². The molecule has 0 radical (unpaired) electrons. The van der Waals surface area contributed by atoms with Crippen LogP contribution in [0.2, 0.25) is 0 Å². The predicted octanol–water partition coefficient (Wildman–Crippen LogP) is 2.80. The van der Waals surface area contributed by atoms with E-state index < -0.39 is 0 Å². The maximum Gasteiger partial charge on any atom is 0.228 e. The van der Waals surface area contributed by atoms with Crippen molar-refractivity contribution in [2.75, 3.05) is 7.11 Å². The molecular formula is C13H11FO3. The Labute approximate surface area is 97.8 Å². The van der Waals surface area contributed by atoms with E-state index in [9.17, 15) is 9.18 Å². The topological polar surface area (TPSA) is 39.4 Å². The van der Waals surface area contributed by atoms with Crippen LogP contribution in [-0.4, -0.2) is 12.9 Å². The first-order chi connectivity index (χ1) is 8.20. The zero-order chi connectivity index (χ0) is 12.3. The van der Waals surface area contributed by atoms with Crippen molar-refractivity contribution in [1.29, 1.82) is 0 Å². The minimum atomic E-state index is -0.374. The number of carbonyl (C=O) groups excluding carboxylic acids is 1. The fraction of sp³-hybridized carbons (Fsp3) is 0.154. The Hall–Kier alpha value is -1.94. The summed E-state index contributed by atoms with van der Waals surface area (Å²) in [5.41, 5.74) is 0.393. The quantitative estimate of drug-likeness (QED) is 0.763. The minimum absolute atomic E-state index is 0.226. The lowest BCUT2D eigenvalue weighted by molar-refractivity contribution is 0.1000. The summed E-state index contributed by atoms with van der Waals surface area (Å²) in [5, 5.41) is 0. The third kappa shape index (κ3) is 2.60. The molecule has 0 unspecified atom stereocenters. The number of furan rings is 1. The van der Waals surface area contributed by atoms with Gasteiger partial charge in [0.25, 0.3) is 0 Å². The van der Waals surface area contributed by atoms with Crippen LogP contribution in [0.1, 0.15) is 21.9 Å². The van der Waals surface area contributed by atoms with Gasteiger partial charge in [-0.3, -0.25) is 4.79 Å². The molecule has 0 N–H and O–H groups in total. The lowest BCUT2D eigenvalue weighted by atomic mass is 10.1. The summed E-state index contributed by atoms with van der Waals surface area (Å²) < 4.78 is 22.9. The number of hydrogen-bond acceptors (Lipinski definition) is 3. The van der Waals surface area contributed by atoms with E-state index in [2.05, 4.69) is 0 Å². The highest BCUT2D eigenvalue weighted by Gasteiger charge is 2.13. The van der Waals surface area contributed by atoms with E-state index in [1.807, 2.05) is 0 Å². The molecule has 3 nitrogen and oxygen atoms in total. The van der Waals surface area contributed by atoms with E-state index in [0.717, 1.165) is 0 Å². The average Bonchev–Trinajstić information content (AvgIpc) is 2.78. The Morgan fingerprint density at radius 2 is 1.94 bits per heavy atom. The summed E-state index contributed by atoms with van der Waals surface area (Å²) in [6.07, 6.45) is 0. The maximum absolute atomic E-state index is 12.7. The fourth-order valence-electron chi connectivity index (χ4n) is 1.46. The Bertz CT molecular complexity index is 514. The van der Waals surface area contributed by atoms with Crippen LogP contribution in [-0.2, 0) is 11.3 Å². The van der Waals surface area contributed by atoms with Gasteiger partial charge in [0.05, 0.1) is 0 Å². The normalized spacial score (nSPS) is 10.5. The molecule has 2 aromatic rings. The molecule has 0 aliphatic rings. The van der Waals surface area contributed by atoms with Gasteiger partial charge in [-0.1, -0.05) is 0 Å². The van der Waals surface area contributed by atoms with Crippen molar-refractivity contribution >= 4 is 5.78 Å². The van der Waals surface area contributed by atoms with Crippen molar-refractivity contribution in [2.24, 2.45) is 0 Å². The second kappa shape index (κ2) is 4.93. The van der Waals surface area contributed by atoms with Gasteiger partial charge in [0.1, 0.15) is 18.2 Å². The second-order valence-corrected chi connectivity index (χ2v) is 3.53. The maximum atomic E-state index is 12.7. The number of methoxy groups -OCH3 is 1. The molecule has 0 bridgehead atoms. The summed E-state index contributed by atoms with van der Waals surface area (Å²) in [6.45, 7) is 0.316. The van der Waals surface area contributed by atoms with Gasteiger partial charge in [0, 0.05) is 12.7 Å². The van der Waals surface area contributed by atoms with E-state index in [1.165, 1.54) is 24.3 Å². The number of carbonyl (C=O) groups is 1. The van der Waals surface area contributed by atoms with E-state index in [-0.39, 0.29) is 17.4 Å². The lowest BCUT2D eigenvalue weighted by Gasteiger charge is -1.97. The minimum Gasteiger partial charge on any atom is -0.455 e. The lowest BCUT2D eigenvalue weighted by Crippen LogP contribution is -1.99. The fourth-order valence-corrected chi connectivity index (χ4v) is 1.46. The summed E-state index contributed by atoms with van der Waals surface area (Å²) in [7, 11) is 1.55. The second-order valence-electron chi connectivity index (χ2n) is 3.53. The van der Waals surface area contributed by atoms with Gasteiger partial charge in [-0.25, -0.2) is 4.39 Å². The van der Waals surface area contributed by atoms with Gasteiger partial charge in [-0.05, 0) is 36.4 Å². The van der Waals surface area contributed by atoms with Crippen LogP contribution in [0.5, 0.6) is 0 Å². The Morgan fingerprint density at radius 1 is 1.24 bits per heavy atom. The molecule has 0 fully saturated rings. The van der Waals surface area contributed by atoms with Crippen molar-refractivity contribution in [3.63, 3.8) is 0 Å². The monoisotopic (exact) mass is 234 g/mol. The molecule has 2 rings (SSSR count). The molecule has 4 heteroatoms. The third-order valence-corrected chi connectivity index (χ3v) is 2.28. The van der Waals surface area contributed by atoms with Crippen molar-refractivity contribution in [3.05, 3.63) is 59.3 Å². The first-order valence-corrected chi connectivity index (χ1v) is 5.08. The van der Waals surface area contributed by atoms with E-state index in [1.54, 1.807) is 19.2 Å². The summed E-state index contributed by atoms with van der Waals surface area (Å²) in [4.78, 5) is 11.9. The Morgan fingerprint density at radius 3 is 2.59 bits per heavy atom. The average molecular weight is 234 g/mol. The summed E-state index contributed by atoms with van der Waals surface area (Å²) in [5.74, 6) is 0.162. The summed E-state index contributed by atoms with van der Waals surface area (Å²) >= 11 is 0. The largest absolute Gasteiger partial charge is 0.455 e. The number of benzene rings is 1. The SMILES string of the molecule is COCc1ccc(C(=O)c2ccc(F)cc2)o1. The predicted molar refractivity (Wildman–Crippen MR) is 59.3 cm³/mol. The summed E-state index contributed by atoms with van der Waals surface area (Å²) in [6, 6.07) is 8.60. The van der Waals surface area contributed by atoms with Crippen LogP contribution in [0.4, 0.5) is 4.39 Å². The highest BCUT2D eigenvalue weighted by atomic mass is 19.1. The van der Waals surface area contributed by atoms with Crippen LogP contribution in [0.25, 0.3) is 0 Å². The number of rotatable bonds is 4. The molecule has 0 aliphatic heterocycles. The molecule has 88 valence electrons. The van der Waals surface area contributed by atoms with Crippen molar-refractivity contribution < 1.29 is 18.3 Å². The molecule has 1 aromatic carbocycles. The molecule has 0 saturated carbocycles. The molecule has 0 atom stereocenters. The number of hydrogen-bond donors (Lipinski definition) is 0. The molecule has 1 heterocycles. The molecule has 0 spiro atoms. The van der Waals surface area contributed by atoms with Gasteiger partial charge in [0.15, 0.2) is 5.76 Å². The van der Waals surface area contributed by atoms with Crippen LogP contribution in [0, 0.1) is 5.82 Å². The zero-order valence-electron chi connectivity index (χ0n) is 9.27. The molecule has 17 heavy (non-hydrogen) atoms. The highest BCUT2D eigenvalue weighted by Crippen LogP contribution is 2.14. The van der Waals surface area contributed by atoms with Crippen LogP contribution in [0.15, 0.2) is 40.8 Å². The third-order valence-electron chi connectivity index (χ3n) is 2.28. The number of ketones is 1. The van der Waals surface area contributed by atoms with Crippen molar-refractivity contribution in [1.82, 2.24) is 0 Å². The van der Waals surface area contributed by atoms with Gasteiger partial charge >= 0.3 is 0 Å². The van der Waals surface area contributed by atoms with Crippen molar-refractivity contribution in [2.45, 2.75) is 6.61 Å². The number of halogens is 1. The zero-order valence-corrected chi connectivity index (χ0v) is 9.27. The Kier molecular flexibility index (Phi) is 3.35. The Balaban J connectivity index is 2.21. The van der Waals surface area contributed by atoms with Crippen molar-refractivity contribution in [3.8, 4) is 0 Å². The number of ether oxygens (including phenoxy) is 1. The smallest absolute Gasteiger partial charge is 0.228 e. The van der Waals surface area contributed by atoms with Crippen LogP contribution < -0.4 is 0 Å². The standard InChI is InChI=1S/C13H11FO3/c1-16-8-11-6-7-12(17-11)13(15)9-2-4-10(14)5-3-9/h2-7H,8H2,1H3. The van der Waals surface area contributed by atoms with Crippen LogP contribution >= 0.6 is 0 Å². The first-order valence-electron chi connectivity index (χ1n) is 5.08. The first kappa shape index (κ1) is 11.5. The molecule has 1 aromatic heterocycles. The van der Waals surface area contributed by atoms with Gasteiger partial charge in [-0.15, -0.1) is 0 Å². The van der Waals surface area contributed by atoms with Gasteiger partial charge in [0.2, 0.25) is 5.78 Å². The van der Waals surface area contributed by atoms with Gasteiger partial charge < -0.3 is 9.15 Å². The molecular weight excluding hydrogens is 223 g/mol. The van der Waals surface area contributed by atoms with E-state index >= 15 is 0 Å². The van der Waals surface area contributed by atoms with Gasteiger partial charge in [-0.2, -0.15) is 0 Å². The molecule has 0 aliphatic carbocycles. The van der Waals surface area contributed by atoms with Crippen LogP contribution in [0.3, 0.4) is 0 Å². The molecule has 0 amide bonds.